The molecule has 9 nitrogen and oxygen atoms in total. The number of nitrogens with zero attached hydrogens (tertiary/aromatic N) is 6. The molecule has 0 bridgehead atoms. The van der Waals surface area contributed by atoms with Gasteiger partial charge in [0.1, 0.15) is 18.6 Å². The van der Waals surface area contributed by atoms with E-state index in [0.717, 1.165) is 28.9 Å². The number of piperidine rings is 1. The third kappa shape index (κ3) is 5.71. The molecule has 1 N–H and O–H groups in total. The van der Waals surface area contributed by atoms with Gasteiger partial charge < -0.3 is 15.0 Å². The summed E-state index contributed by atoms with van der Waals surface area (Å²) in [6.07, 6.45) is 2.28. The standard InChI is InChI=1S/C29H29N7O2/c1-38-28-12-11-24(22-9-7-21(16-30)8-10-22)15-25(28)17-31-27-13-14-35(29(37)19-36-20-32-33-34-36)18-26(27)23-5-3-2-4-6-23/h2-12,15,20,26-27,31H,13-14,17-19H2,1H3/t26-,27-/m0/s1. The van der Waals surface area contributed by atoms with Gasteiger partial charge in [-0.2, -0.15) is 5.26 Å². The second kappa shape index (κ2) is 11.7. The maximum Gasteiger partial charge on any atom is 0.244 e. The van der Waals surface area contributed by atoms with Crippen LogP contribution in [0.5, 0.6) is 5.75 Å². The van der Waals surface area contributed by atoms with Crippen molar-refractivity contribution in [2.45, 2.75) is 31.5 Å². The number of amides is 1. The van der Waals surface area contributed by atoms with Gasteiger partial charge in [-0.15, -0.1) is 5.10 Å². The number of tetrazole rings is 1. The molecule has 1 aromatic heterocycles. The number of rotatable bonds is 8. The van der Waals surface area contributed by atoms with Crippen molar-refractivity contribution in [2.24, 2.45) is 0 Å². The van der Waals surface area contributed by atoms with Crippen LogP contribution in [0.3, 0.4) is 0 Å². The highest BCUT2D eigenvalue weighted by molar-refractivity contribution is 5.76. The Morgan fingerprint density at radius 3 is 2.61 bits per heavy atom. The van der Waals surface area contributed by atoms with Crippen molar-refractivity contribution in [3.63, 3.8) is 0 Å². The summed E-state index contributed by atoms with van der Waals surface area (Å²) in [7, 11) is 1.68. The predicted molar refractivity (Wildman–Crippen MR) is 142 cm³/mol. The zero-order chi connectivity index (χ0) is 26.3. The molecule has 38 heavy (non-hydrogen) atoms. The van der Waals surface area contributed by atoms with Crippen molar-refractivity contribution in [1.29, 1.82) is 5.26 Å². The Kier molecular flexibility index (Phi) is 7.71. The molecule has 1 fully saturated rings. The van der Waals surface area contributed by atoms with Crippen LogP contribution in [-0.4, -0.2) is 57.3 Å². The van der Waals surface area contributed by atoms with Crippen molar-refractivity contribution in [3.05, 3.63) is 95.8 Å². The largest absolute Gasteiger partial charge is 0.496 e. The predicted octanol–water partition coefficient (Wildman–Crippen LogP) is 3.39. The Labute approximate surface area is 221 Å². The van der Waals surface area contributed by atoms with E-state index in [4.69, 9.17) is 10.00 Å². The van der Waals surface area contributed by atoms with Crippen molar-refractivity contribution >= 4 is 5.91 Å². The van der Waals surface area contributed by atoms with Crippen LogP contribution in [0.15, 0.2) is 79.1 Å². The Morgan fingerprint density at radius 1 is 1.11 bits per heavy atom. The number of carbonyl (C=O) groups excluding carboxylic acids is 1. The first-order chi connectivity index (χ1) is 18.6. The zero-order valence-electron chi connectivity index (χ0n) is 21.2. The monoisotopic (exact) mass is 507 g/mol. The van der Waals surface area contributed by atoms with E-state index in [1.165, 1.54) is 16.6 Å². The molecule has 1 aliphatic rings. The van der Waals surface area contributed by atoms with E-state index >= 15 is 0 Å². The minimum atomic E-state index is 0.00784. The summed E-state index contributed by atoms with van der Waals surface area (Å²) >= 11 is 0. The van der Waals surface area contributed by atoms with Crippen molar-refractivity contribution in [2.75, 3.05) is 20.2 Å². The summed E-state index contributed by atoms with van der Waals surface area (Å²) in [6.45, 7) is 2.03. The van der Waals surface area contributed by atoms with Gasteiger partial charge >= 0.3 is 0 Å². The third-order valence-corrected chi connectivity index (χ3v) is 7.06. The van der Waals surface area contributed by atoms with Gasteiger partial charge in [-0.3, -0.25) is 4.79 Å². The SMILES string of the molecule is COc1ccc(-c2ccc(C#N)cc2)cc1CN[C@H]1CCN(C(=O)Cn2cnnn2)C[C@H]1c1ccccc1. The number of benzene rings is 3. The smallest absolute Gasteiger partial charge is 0.244 e. The van der Waals surface area contributed by atoms with Gasteiger partial charge in [-0.05, 0) is 57.8 Å². The van der Waals surface area contributed by atoms with Crippen molar-refractivity contribution in [3.8, 4) is 22.9 Å². The summed E-state index contributed by atoms with van der Waals surface area (Å²) in [5.74, 6) is 0.962. The Bertz CT molecular complexity index is 1400. The first-order valence-electron chi connectivity index (χ1n) is 12.6. The number of likely N-dealkylation sites (tertiary alicyclic amines) is 1. The first kappa shape index (κ1) is 25.1. The van der Waals surface area contributed by atoms with Crippen LogP contribution in [0.4, 0.5) is 0 Å². The maximum atomic E-state index is 13.0. The molecule has 2 atom stereocenters. The fourth-order valence-corrected chi connectivity index (χ4v) is 5.03. The van der Waals surface area contributed by atoms with E-state index in [1.807, 2.05) is 59.5 Å². The van der Waals surface area contributed by atoms with E-state index in [0.29, 0.717) is 25.2 Å². The molecular weight excluding hydrogens is 478 g/mol. The lowest BCUT2D eigenvalue weighted by atomic mass is 9.85. The van der Waals surface area contributed by atoms with Gasteiger partial charge in [0.05, 0.1) is 18.7 Å². The molecule has 192 valence electrons. The van der Waals surface area contributed by atoms with Crippen LogP contribution in [-0.2, 0) is 17.9 Å². The normalized spacial score (nSPS) is 17.1. The Morgan fingerprint density at radius 2 is 1.89 bits per heavy atom. The lowest BCUT2D eigenvalue weighted by Crippen LogP contribution is -2.50. The Balaban J connectivity index is 1.33. The number of hydrogen-bond acceptors (Lipinski definition) is 7. The number of aromatic nitrogens is 4. The molecule has 0 aliphatic carbocycles. The first-order valence-corrected chi connectivity index (χ1v) is 12.6. The summed E-state index contributed by atoms with van der Waals surface area (Å²) in [4.78, 5) is 14.9. The second-order valence-corrected chi connectivity index (χ2v) is 9.36. The topological polar surface area (TPSA) is 109 Å². The molecular formula is C29H29N7O2. The highest BCUT2D eigenvalue weighted by Gasteiger charge is 2.32. The second-order valence-electron chi connectivity index (χ2n) is 9.36. The maximum absolute atomic E-state index is 13.0. The van der Waals surface area contributed by atoms with Crippen LogP contribution in [0.1, 0.15) is 29.0 Å². The van der Waals surface area contributed by atoms with Gasteiger partial charge in [-0.25, -0.2) is 4.68 Å². The number of ether oxygens (including phenoxy) is 1. The molecule has 1 aliphatic heterocycles. The fourth-order valence-electron chi connectivity index (χ4n) is 5.03. The van der Waals surface area contributed by atoms with Crippen LogP contribution < -0.4 is 10.1 Å². The fraction of sp³-hybridized carbons (Fsp3) is 0.276. The number of carbonyl (C=O) groups is 1. The summed E-state index contributed by atoms with van der Waals surface area (Å²) in [5, 5.41) is 24.0. The molecule has 5 rings (SSSR count). The van der Waals surface area contributed by atoms with Crippen LogP contribution in [0.2, 0.25) is 0 Å². The average molecular weight is 508 g/mol. The van der Waals surface area contributed by atoms with E-state index in [1.54, 1.807) is 7.11 Å². The quantitative estimate of drug-likeness (QED) is 0.389. The molecule has 9 heteroatoms. The highest BCUT2D eigenvalue weighted by atomic mass is 16.5. The lowest BCUT2D eigenvalue weighted by molar-refractivity contribution is -0.133. The summed E-state index contributed by atoms with van der Waals surface area (Å²) < 4.78 is 7.12. The van der Waals surface area contributed by atoms with Crippen LogP contribution in [0.25, 0.3) is 11.1 Å². The van der Waals surface area contributed by atoms with Crippen LogP contribution in [0, 0.1) is 11.3 Å². The van der Waals surface area contributed by atoms with E-state index in [2.05, 4.69) is 45.1 Å². The number of methoxy groups -OCH3 is 1. The van der Waals surface area contributed by atoms with Gasteiger partial charge in [0.15, 0.2) is 0 Å². The molecule has 0 spiro atoms. The molecule has 4 aromatic rings. The van der Waals surface area contributed by atoms with Crippen molar-refractivity contribution < 1.29 is 9.53 Å². The van der Waals surface area contributed by atoms with Crippen molar-refractivity contribution in [1.82, 2.24) is 30.4 Å². The molecule has 1 saturated heterocycles. The minimum Gasteiger partial charge on any atom is -0.496 e. The average Bonchev–Trinajstić information content (AvgIpc) is 3.49. The van der Waals surface area contributed by atoms with Gasteiger partial charge in [0.25, 0.3) is 0 Å². The van der Waals surface area contributed by atoms with Gasteiger partial charge in [0.2, 0.25) is 5.91 Å². The van der Waals surface area contributed by atoms with Gasteiger partial charge in [0, 0.05) is 37.2 Å². The third-order valence-electron chi connectivity index (χ3n) is 7.06. The molecule has 2 heterocycles. The molecule has 0 radical (unpaired) electrons. The molecule has 0 unspecified atom stereocenters. The van der Waals surface area contributed by atoms with Gasteiger partial charge in [-0.1, -0.05) is 48.5 Å². The summed E-state index contributed by atoms with van der Waals surface area (Å²) in [5.41, 5.74) is 5.00. The minimum absolute atomic E-state index is 0.00784. The highest BCUT2D eigenvalue weighted by Crippen LogP contribution is 2.30. The summed E-state index contributed by atoms with van der Waals surface area (Å²) in [6, 6.07) is 26.4. The Hall–Kier alpha value is -4.55. The van der Waals surface area contributed by atoms with Crippen LogP contribution >= 0.6 is 0 Å². The van der Waals surface area contributed by atoms with E-state index in [-0.39, 0.29) is 24.4 Å². The number of nitriles is 1. The van der Waals surface area contributed by atoms with E-state index < -0.39 is 0 Å². The number of nitrogens with one attached hydrogen (secondary N) is 1. The molecule has 1 amide bonds. The zero-order valence-corrected chi connectivity index (χ0v) is 21.2. The lowest BCUT2D eigenvalue weighted by Gasteiger charge is -2.39. The molecule has 0 saturated carbocycles. The number of hydrogen-bond donors (Lipinski definition) is 1. The molecule has 3 aromatic carbocycles. The van der Waals surface area contributed by atoms with E-state index in [9.17, 15) is 4.79 Å².